The van der Waals surface area contributed by atoms with Gasteiger partial charge in [-0.15, -0.1) is 0 Å². The van der Waals surface area contributed by atoms with Crippen LogP contribution in [-0.2, 0) is 0 Å². The zero-order valence-corrected chi connectivity index (χ0v) is 8.40. The topological polar surface area (TPSA) is 4.93 Å². The van der Waals surface area contributed by atoms with Gasteiger partial charge in [-0.1, -0.05) is 0 Å². The lowest BCUT2D eigenvalue weighted by Crippen LogP contribution is -1.74. The van der Waals surface area contributed by atoms with Crippen LogP contribution in [0.5, 0.6) is 0 Å². The molecule has 0 amide bonds. The Bertz CT molecular complexity index is 176. The normalized spacial score (nSPS) is 9.75. The number of hydrogen-bond acceptors (Lipinski definition) is 1. The highest BCUT2D eigenvalue weighted by molar-refractivity contribution is 14.2. The smallest absolute Gasteiger partial charge is 0.0956 e. The van der Waals surface area contributed by atoms with Crippen molar-refractivity contribution in [1.82, 2.24) is 3.97 Å². The van der Waals surface area contributed by atoms with Crippen molar-refractivity contribution in [2.75, 3.05) is 0 Å². The lowest BCUT2D eigenvalue weighted by molar-refractivity contribution is 1.26. The van der Waals surface area contributed by atoms with Gasteiger partial charge in [-0.2, -0.15) is 0 Å². The Morgan fingerprint density at radius 1 is 1.75 bits per heavy atom. The van der Waals surface area contributed by atoms with Crippen LogP contribution in [0, 0.1) is 0 Å². The number of hydrogen-bond donors (Lipinski definition) is 0. The summed E-state index contributed by atoms with van der Waals surface area (Å²) in [7, 11) is 1.64. The largest absolute Gasteiger partial charge is 0.276 e. The molecule has 0 saturated heterocycles. The Hall–Kier alpha value is 0.840. The second kappa shape index (κ2) is 3.12. The number of rotatable bonds is 1. The van der Waals surface area contributed by atoms with E-state index in [0.29, 0.717) is 0 Å². The van der Waals surface area contributed by atoms with E-state index < -0.39 is 0 Å². The summed E-state index contributed by atoms with van der Waals surface area (Å²) in [5, 5.41) is 0. The average Bonchev–Trinajstić information content (AvgIpc) is 2.14. The molecule has 1 heterocycles. The van der Waals surface area contributed by atoms with Crippen molar-refractivity contribution in [3.05, 3.63) is 22.9 Å². The number of nitrogens with zero attached hydrogens (tertiary/aromatic N) is 1. The fraction of sp³-hybridized carbons (Fsp3) is 0. The molecule has 8 heavy (non-hydrogen) atoms. The molecule has 44 valence electrons. The van der Waals surface area contributed by atoms with Crippen LogP contribution in [0.25, 0.3) is 0 Å². The maximum absolute atomic E-state index is 3.36. The van der Waals surface area contributed by atoms with Crippen molar-refractivity contribution in [1.29, 1.82) is 0 Å². The molecule has 0 aromatic carbocycles. The summed E-state index contributed by atoms with van der Waals surface area (Å²) in [5.41, 5.74) is 0. The molecule has 1 aromatic rings. The molecule has 0 bridgehead atoms. The first-order valence-corrected chi connectivity index (χ1v) is 6.07. The second-order valence-corrected chi connectivity index (χ2v) is 3.75. The monoisotopic (exact) mass is 303 g/mol. The quantitative estimate of drug-likeness (QED) is 0.722. The molecule has 0 aliphatic rings. The molecular formula is C4H3BrINS. The molecule has 0 spiro atoms. The minimum atomic E-state index is 1.11. The summed E-state index contributed by atoms with van der Waals surface area (Å²) in [4.78, 5) is 0. The summed E-state index contributed by atoms with van der Waals surface area (Å²) in [5.74, 6) is 0. The SMILES string of the molecule is Brc1cccn1SI. The summed E-state index contributed by atoms with van der Waals surface area (Å²) in [6.07, 6.45) is 2.00. The number of aromatic nitrogens is 1. The molecule has 0 N–H and O–H groups in total. The fourth-order valence-corrected chi connectivity index (χ4v) is 2.97. The maximum Gasteiger partial charge on any atom is 0.0956 e. The Kier molecular flexibility index (Phi) is 2.71. The van der Waals surface area contributed by atoms with E-state index in [0.717, 1.165) is 4.60 Å². The van der Waals surface area contributed by atoms with Gasteiger partial charge in [0.2, 0.25) is 0 Å². The van der Waals surface area contributed by atoms with E-state index >= 15 is 0 Å². The van der Waals surface area contributed by atoms with E-state index in [1.54, 1.807) is 9.12 Å². The van der Waals surface area contributed by atoms with E-state index in [-0.39, 0.29) is 0 Å². The van der Waals surface area contributed by atoms with Crippen LogP contribution in [0.1, 0.15) is 0 Å². The van der Waals surface area contributed by atoms with E-state index in [1.807, 2.05) is 22.3 Å². The van der Waals surface area contributed by atoms with Crippen molar-refractivity contribution in [2.45, 2.75) is 0 Å². The Morgan fingerprint density at radius 2 is 2.50 bits per heavy atom. The molecule has 0 atom stereocenters. The van der Waals surface area contributed by atoms with Crippen molar-refractivity contribution < 1.29 is 0 Å². The molecule has 0 radical (unpaired) electrons. The van der Waals surface area contributed by atoms with Crippen LogP contribution in [0.4, 0.5) is 0 Å². The lowest BCUT2D eigenvalue weighted by atomic mass is 10.7. The highest BCUT2D eigenvalue weighted by Crippen LogP contribution is 2.22. The van der Waals surface area contributed by atoms with E-state index in [1.165, 1.54) is 0 Å². The Labute approximate surface area is 72.7 Å². The molecule has 0 unspecified atom stereocenters. The van der Waals surface area contributed by atoms with E-state index in [4.69, 9.17) is 0 Å². The predicted molar refractivity (Wildman–Crippen MR) is 49.1 cm³/mol. The third kappa shape index (κ3) is 1.41. The fourth-order valence-electron chi connectivity index (χ4n) is 0.401. The molecule has 1 aromatic heterocycles. The molecule has 0 aliphatic carbocycles. The molecule has 0 aliphatic heterocycles. The highest BCUT2D eigenvalue weighted by Gasteiger charge is 1.91. The third-order valence-corrected chi connectivity index (χ3v) is 3.36. The third-order valence-electron chi connectivity index (χ3n) is 0.740. The Morgan fingerprint density at radius 3 is 2.75 bits per heavy atom. The van der Waals surface area contributed by atoms with Gasteiger partial charge >= 0.3 is 0 Å². The van der Waals surface area contributed by atoms with Crippen LogP contribution in [-0.4, -0.2) is 3.97 Å². The van der Waals surface area contributed by atoms with Crippen molar-refractivity contribution in [3.8, 4) is 0 Å². The van der Waals surface area contributed by atoms with Crippen molar-refractivity contribution >= 4 is 46.3 Å². The van der Waals surface area contributed by atoms with Gasteiger partial charge < -0.3 is 0 Å². The van der Waals surface area contributed by atoms with Crippen LogP contribution >= 0.6 is 46.3 Å². The molecule has 4 heteroatoms. The van der Waals surface area contributed by atoms with Crippen molar-refractivity contribution in [3.63, 3.8) is 0 Å². The first kappa shape index (κ1) is 6.95. The van der Waals surface area contributed by atoms with Crippen LogP contribution in [0.2, 0.25) is 0 Å². The van der Waals surface area contributed by atoms with Gasteiger partial charge in [0.05, 0.1) is 4.60 Å². The van der Waals surface area contributed by atoms with Gasteiger partial charge in [0.25, 0.3) is 0 Å². The maximum atomic E-state index is 3.36. The standard InChI is InChI=1S/C4H3BrINS/c5-4-2-1-3-7(4)8-6/h1-3H. The van der Waals surface area contributed by atoms with Gasteiger partial charge in [-0.3, -0.25) is 3.97 Å². The minimum Gasteiger partial charge on any atom is -0.276 e. The molecule has 0 saturated carbocycles. The zero-order valence-electron chi connectivity index (χ0n) is 3.84. The van der Waals surface area contributed by atoms with Gasteiger partial charge in [0.1, 0.15) is 0 Å². The lowest BCUT2D eigenvalue weighted by Gasteiger charge is -1.92. The second-order valence-electron chi connectivity index (χ2n) is 1.23. The summed E-state index contributed by atoms with van der Waals surface area (Å²) >= 11 is 5.59. The first-order valence-electron chi connectivity index (χ1n) is 1.96. The van der Waals surface area contributed by atoms with Crippen molar-refractivity contribution in [2.24, 2.45) is 0 Å². The number of halogens is 2. The van der Waals surface area contributed by atoms with Gasteiger partial charge in [-0.25, -0.2) is 0 Å². The summed E-state index contributed by atoms with van der Waals surface area (Å²) in [6, 6.07) is 4.00. The van der Waals surface area contributed by atoms with E-state index in [9.17, 15) is 0 Å². The molecule has 1 rings (SSSR count). The van der Waals surface area contributed by atoms with Gasteiger partial charge in [0, 0.05) is 36.5 Å². The highest BCUT2D eigenvalue weighted by atomic mass is 127. The molecule has 1 nitrogen and oxygen atoms in total. The summed E-state index contributed by atoms with van der Waals surface area (Å²) < 4.78 is 3.14. The molecular weight excluding hydrogens is 301 g/mol. The van der Waals surface area contributed by atoms with Gasteiger partial charge in [-0.05, 0) is 28.1 Å². The van der Waals surface area contributed by atoms with Crippen LogP contribution < -0.4 is 0 Å². The van der Waals surface area contributed by atoms with E-state index in [2.05, 4.69) is 37.1 Å². The molecule has 0 fully saturated rings. The Balaban J connectivity index is 2.92. The predicted octanol–water partition coefficient (Wildman–Crippen LogP) is 3.10. The average molecular weight is 304 g/mol. The zero-order chi connectivity index (χ0) is 5.98. The van der Waals surface area contributed by atoms with Crippen LogP contribution in [0.3, 0.4) is 0 Å². The first-order chi connectivity index (χ1) is 3.84. The van der Waals surface area contributed by atoms with Gasteiger partial charge in [0.15, 0.2) is 0 Å². The minimum absolute atomic E-state index is 1.11. The summed E-state index contributed by atoms with van der Waals surface area (Å²) in [6.45, 7) is 0. The van der Waals surface area contributed by atoms with Crippen LogP contribution in [0.15, 0.2) is 22.9 Å².